The van der Waals surface area contributed by atoms with E-state index >= 15 is 0 Å². The minimum absolute atomic E-state index is 0.908. The summed E-state index contributed by atoms with van der Waals surface area (Å²) >= 11 is 0. The summed E-state index contributed by atoms with van der Waals surface area (Å²) in [5.74, 6) is 0. The minimum atomic E-state index is 0.908. The van der Waals surface area contributed by atoms with Gasteiger partial charge in [-0.1, -0.05) is 146 Å². The minimum Gasteiger partial charge on any atom is -0.456 e. The van der Waals surface area contributed by atoms with Crippen molar-refractivity contribution in [1.29, 1.82) is 0 Å². The lowest BCUT2D eigenvalue weighted by molar-refractivity contribution is 0.669. The van der Waals surface area contributed by atoms with E-state index in [9.17, 15) is 0 Å². The van der Waals surface area contributed by atoms with Crippen LogP contribution in [0, 0.1) is 0 Å². The van der Waals surface area contributed by atoms with Crippen LogP contribution in [-0.4, -0.2) is 0 Å². The highest BCUT2D eigenvalue weighted by atomic mass is 16.3. The van der Waals surface area contributed by atoms with Gasteiger partial charge in [0, 0.05) is 27.8 Å². The lowest BCUT2D eigenvalue weighted by atomic mass is 9.94. The molecule has 0 aliphatic carbocycles. The van der Waals surface area contributed by atoms with Gasteiger partial charge in [0.05, 0.1) is 0 Å². The van der Waals surface area contributed by atoms with Crippen molar-refractivity contribution in [2.24, 2.45) is 0 Å². The number of hydrogen-bond acceptors (Lipinski definition) is 2. The molecule has 0 N–H and O–H groups in total. The summed E-state index contributed by atoms with van der Waals surface area (Å²) in [6.07, 6.45) is 0. The third-order valence-electron chi connectivity index (χ3n) is 10.3. The fourth-order valence-electron chi connectivity index (χ4n) is 7.67. The third kappa shape index (κ3) is 5.21. The second-order valence-corrected chi connectivity index (χ2v) is 13.3. The Bertz CT molecular complexity index is 2870. The molecule has 9 aromatic carbocycles. The Morgan fingerprint density at radius 3 is 1.50 bits per heavy atom. The second kappa shape index (κ2) is 12.5. The molecule has 0 fully saturated rings. The van der Waals surface area contributed by atoms with Gasteiger partial charge in [0.2, 0.25) is 0 Å². The normalized spacial score (nSPS) is 11.5. The highest BCUT2D eigenvalue weighted by molar-refractivity contribution is 6.22. The summed E-state index contributed by atoms with van der Waals surface area (Å²) in [7, 11) is 0. The van der Waals surface area contributed by atoms with Gasteiger partial charge in [-0.2, -0.15) is 0 Å². The molecule has 1 aromatic heterocycles. The monoisotopic (exact) mass is 663 g/mol. The number of benzene rings is 9. The van der Waals surface area contributed by atoms with E-state index in [1.165, 1.54) is 49.2 Å². The highest BCUT2D eigenvalue weighted by Gasteiger charge is 2.17. The van der Waals surface area contributed by atoms with Crippen LogP contribution in [0.25, 0.3) is 76.9 Å². The van der Waals surface area contributed by atoms with E-state index in [-0.39, 0.29) is 0 Å². The van der Waals surface area contributed by atoms with Gasteiger partial charge in [-0.05, 0) is 110 Å². The van der Waals surface area contributed by atoms with Crippen molar-refractivity contribution in [2.75, 3.05) is 4.90 Å². The molecule has 2 heteroatoms. The molecule has 52 heavy (non-hydrogen) atoms. The van der Waals surface area contributed by atoms with Crippen molar-refractivity contribution in [2.45, 2.75) is 0 Å². The molecule has 1 heterocycles. The van der Waals surface area contributed by atoms with Gasteiger partial charge in [0.15, 0.2) is 0 Å². The SMILES string of the molecule is c1ccc(-c2ccc(N(c3ccc(-c4ccc5ccccc5c4)cc3)c3ccc(-c4cc5oc6ccccc6c5c5ccccc45)cc3)cc2)cc1. The maximum atomic E-state index is 6.40. The Morgan fingerprint density at radius 2 is 0.808 bits per heavy atom. The first-order valence-electron chi connectivity index (χ1n) is 17.8. The number of anilines is 3. The Kier molecular flexibility index (Phi) is 7.18. The highest BCUT2D eigenvalue weighted by Crippen LogP contribution is 2.42. The van der Waals surface area contributed by atoms with E-state index in [0.717, 1.165) is 44.7 Å². The van der Waals surface area contributed by atoms with Crippen molar-refractivity contribution in [3.63, 3.8) is 0 Å². The first-order chi connectivity index (χ1) is 25.8. The molecule has 2 nitrogen and oxygen atoms in total. The van der Waals surface area contributed by atoms with Crippen LogP contribution < -0.4 is 4.90 Å². The Balaban J connectivity index is 1.06. The number of fused-ring (bicyclic) bond motifs is 6. The van der Waals surface area contributed by atoms with Gasteiger partial charge < -0.3 is 9.32 Å². The summed E-state index contributed by atoms with van der Waals surface area (Å²) in [5, 5.41) is 7.24. The average molecular weight is 664 g/mol. The summed E-state index contributed by atoms with van der Waals surface area (Å²) in [4.78, 5) is 2.34. The quantitative estimate of drug-likeness (QED) is 0.176. The van der Waals surface area contributed by atoms with Gasteiger partial charge in [0.25, 0.3) is 0 Å². The van der Waals surface area contributed by atoms with E-state index in [0.29, 0.717) is 0 Å². The van der Waals surface area contributed by atoms with Gasteiger partial charge in [-0.25, -0.2) is 0 Å². The van der Waals surface area contributed by atoms with Crippen LogP contribution in [0.2, 0.25) is 0 Å². The maximum Gasteiger partial charge on any atom is 0.136 e. The van der Waals surface area contributed by atoms with Crippen molar-refractivity contribution in [1.82, 2.24) is 0 Å². The van der Waals surface area contributed by atoms with Crippen LogP contribution in [0.1, 0.15) is 0 Å². The van der Waals surface area contributed by atoms with Crippen molar-refractivity contribution in [3.05, 3.63) is 200 Å². The molecule has 0 aliphatic rings. The van der Waals surface area contributed by atoms with Gasteiger partial charge >= 0.3 is 0 Å². The molecule has 0 bridgehead atoms. The fraction of sp³-hybridized carbons (Fsp3) is 0. The number of hydrogen-bond donors (Lipinski definition) is 0. The third-order valence-corrected chi connectivity index (χ3v) is 10.3. The summed E-state index contributed by atoms with van der Waals surface area (Å²) in [5.41, 5.74) is 12.2. The summed E-state index contributed by atoms with van der Waals surface area (Å²) in [6, 6.07) is 71.7. The molecule has 0 atom stereocenters. The molecular formula is C50H33NO. The molecule has 0 unspecified atom stereocenters. The van der Waals surface area contributed by atoms with Gasteiger partial charge in [-0.3, -0.25) is 0 Å². The predicted octanol–water partition coefficient (Wildman–Crippen LogP) is 14.4. The number of nitrogens with zero attached hydrogens (tertiary/aromatic N) is 1. The lowest BCUT2D eigenvalue weighted by Gasteiger charge is -2.26. The Hall–Kier alpha value is -6.90. The van der Waals surface area contributed by atoms with Crippen LogP contribution in [0.4, 0.5) is 17.1 Å². The van der Waals surface area contributed by atoms with E-state index in [2.05, 4.69) is 193 Å². The van der Waals surface area contributed by atoms with E-state index in [4.69, 9.17) is 4.42 Å². The number of rotatable bonds is 6. The fourth-order valence-corrected chi connectivity index (χ4v) is 7.67. The Morgan fingerprint density at radius 1 is 0.308 bits per heavy atom. The predicted molar refractivity (Wildman–Crippen MR) is 220 cm³/mol. The first-order valence-corrected chi connectivity index (χ1v) is 17.8. The lowest BCUT2D eigenvalue weighted by Crippen LogP contribution is -2.09. The van der Waals surface area contributed by atoms with Crippen molar-refractivity contribution < 1.29 is 4.42 Å². The molecule has 0 saturated carbocycles. The first kappa shape index (κ1) is 30.0. The molecule has 0 saturated heterocycles. The molecule has 10 aromatic rings. The van der Waals surface area contributed by atoms with Crippen LogP contribution >= 0.6 is 0 Å². The van der Waals surface area contributed by atoms with Crippen LogP contribution in [-0.2, 0) is 0 Å². The molecule has 0 radical (unpaired) electrons. The van der Waals surface area contributed by atoms with Gasteiger partial charge in [-0.15, -0.1) is 0 Å². The zero-order valence-corrected chi connectivity index (χ0v) is 28.4. The average Bonchev–Trinajstić information content (AvgIpc) is 3.60. The van der Waals surface area contributed by atoms with E-state index in [1.54, 1.807) is 0 Å². The molecular weight excluding hydrogens is 631 g/mol. The van der Waals surface area contributed by atoms with Crippen molar-refractivity contribution in [3.8, 4) is 33.4 Å². The van der Waals surface area contributed by atoms with E-state index < -0.39 is 0 Å². The molecule has 0 spiro atoms. The molecule has 10 rings (SSSR count). The number of para-hydroxylation sites is 1. The maximum absolute atomic E-state index is 6.40. The largest absolute Gasteiger partial charge is 0.456 e. The molecule has 0 aliphatic heterocycles. The van der Waals surface area contributed by atoms with Gasteiger partial charge in [0.1, 0.15) is 11.2 Å². The number of furan rings is 1. The summed E-state index contributed by atoms with van der Waals surface area (Å²) < 4.78 is 6.40. The smallest absolute Gasteiger partial charge is 0.136 e. The second-order valence-electron chi connectivity index (χ2n) is 13.3. The molecule has 244 valence electrons. The summed E-state index contributed by atoms with van der Waals surface area (Å²) in [6.45, 7) is 0. The topological polar surface area (TPSA) is 16.4 Å². The van der Waals surface area contributed by atoms with Crippen molar-refractivity contribution >= 4 is 60.5 Å². The Labute approximate surface area is 302 Å². The van der Waals surface area contributed by atoms with Crippen LogP contribution in [0.3, 0.4) is 0 Å². The molecule has 0 amide bonds. The van der Waals surface area contributed by atoms with E-state index in [1.807, 2.05) is 12.1 Å². The van der Waals surface area contributed by atoms with Crippen LogP contribution in [0.15, 0.2) is 205 Å². The zero-order valence-electron chi connectivity index (χ0n) is 28.4. The zero-order chi connectivity index (χ0) is 34.4. The van der Waals surface area contributed by atoms with Crippen LogP contribution in [0.5, 0.6) is 0 Å². The standard InChI is InChI=1S/C50H33NO/c1-2-10-34(11-3-1)36-20-26-41(27-21-36)51(42-28-22-37(23-29-42)40-19-18-35-12-4-5-13-39(35)32-40)43-30-24-38(25-31-43)47-33-49-50(45-15-7-6-14-44(45)47)46-16-8-9-17-48(46)52-49/h1-33H.